The fourth-order valence-electron chi connectivity index (χ4n) is 4.66. The first-order chi connectivity index (χ1) is 18.0. The molecular weight excluding hydrogens is 489 g/mol. The molecule has 0 spiro atoms. The average molecular weight is 516 g/mol. The van der Waals surface area contributed by atoms with Crippen LogP contribution in [0, 0.1) is 12.7 Å². The van der Waals surface area contributed by atoms with Crippen LogP contribution in [-0.2, 0) is 9.53 Å². The third-order valence-electron chi connectivity index (χ3n) is 6.32. The van der Waals surface area contributed by atoms with Gasteiger partial charge < -0.3 is 24.8 Å². The van der Waals surface area contributed by atoms with Crippen LogP contribution in [0.5, 0.6) is 0 Å². The number of anilines is 2. The summed E-state index contributed by atoms with van der Waals surface area (Å²) in [5.74, 6) is -0.510. The smallest absolute Gasteiger partial charge is 0.250 e. The van der Waals surface area contributed by atoms with E-state index in [9.17, 15) is 9.18 Å². The van der Waals surface area contributed by atoms with Gasteiger partial charge >= 0.3 is 0 Å². The molecule has 1 amide bonds. The molecule has 1 saturated heterocycles. The summed E-state index contributed by atoms with van der Waals surface area (Å²) >= 11 is 5.85. The Labute approximate surface area is 219 Å². The van der Waals surface area contributed by atoms with Crippen molar-refractivity contribution in [3.8, 4) is 5.69 Å². The second-order valence-corrected chi connectivity index (χ2v) is 9.14. The Morgan fingerprint density at radius 1 is 1.11 bits per heavy atom. The molecule has 5 rings (SSSR count). The molecule has 0 saturated carbocycles. The quantitative estimate of drug-likeness (QED) is 0.335. The Balaban J connectivity index is 1.58. The van der Waals surface area contributed by atoms with Crippen LogP contribution in [0.1, 0.15) is 29.0 Å². The van der Waals surface area contributed by atoms with Gasteiger partial charge in [-0.3, -0.25) is 9.78 Å². The van der Waals surface area contributed by atoms with Crippen LogP contribution < -0.4 is 15.5 Å². The van der Waals surface area contributed by atoms with Gasteiger partial charge in [-0.1, -0.05) is 6.07 Å². The molecule has 0 bridgehead atoms. The minimum absolute atomic E-state index is 0.0183. The van der Waals surface area contributed by atoms with Crippen molar-refractivity contribution in [1.29, 1.82) is 0 Å². The van der Waals surface area contributed by atoms with E-state index in [2.05, 4.69) is 20.5 Å². The van der Waals surface area contributed by atoms with Gasteiger partial charge in [-0.15, -0.1) is 0 Å². The van der Waals surface area contributed by atoms with E-state index >= 15 is 0 Å². The summed E-state index contributed by atoms with van der Waals surface area (Å²) in [4.78, 5) is 18.7. The molecule has 2 aromatic carbocycles. The first-order valence-electron chi connectivity index (χ1n) is 11.8. The van der Waals surface area contributed by atoms with Gasteiger partial charge in [-0.05, 0) is 91.4 Å². The Hall–Kier alpha value is -4.08. The van der Waals surface area contributed by atoms with Crippen LogP contribution in [0.2, 0.25) is 0 Å². The first-order valence-corrected chi connectivity index (χ1v) is 12.2. The van der Waals surface area contributed by atoms with E-state index in [1.54, 1.807) is 18.3 Å². The molecule has 1 aliphatic rings. The maximum Gasteiger partial charge on any atom is 0.250 e. The highest BCUT2D eigenvalue weighted by molar-refractivity contribution is 7.80. The molecule has 3 heterocycles. The highest BCUT2D eigenvalue weighted by Crippen LogP contribution is 2.42. The second-order valence-electron chi connectivity index (χ2n) is 8.76. The number of pyridine rings is 1. The number of thiocarbonyl (C=S) groups is 1. The standard InChI is InChI=1S/C28H26FN5O2S/c1-18-16-21(12-13-22(18)31-25(35)17-36-2)34-27(26(32-28(34)37)23-6-3-4-14-30-23)24-7-5-15-33(24)20-10-8-19(29)9-11-20/h3-16,26-27H,17H2,1-2H3,(H,31,35)(H,32,37)/t26-,27+/m0/s1. The number of carbonyl (C=O) groups excluding carboxylic acids is 1. The molecule has 1 fully saturated rings. The fourth-order valence-corrected chi connectivity index (χ4v) is 5.01. The summed E-state index contributed by atoms with van der Waals surface area (Å²) in [6.07, 6.45) is 3.72. The summed E-state index contributed by atoms with van der Waals surface area (Å²) in [6, 6.07) is 21.5. The number of ether oxygens (including phenoxy) is 1. The van der Waals surface area contributed by atoms with E-state index < -0.39 is 0 Å². The van der Waals surface area contributed by atoms with E-state index in [0.717, 1.165) is 28.3 Å². The molecule has 188 valence electrons. The number of hydrogen-bond donors (Lipinski definition) is 2. The van der Waals surface area contributed by atoms with Crippen molar-refractivity contribution in [2.45, 2.75) is 19.0 Å². The zero-order valence-corrected chi connectivity index (χ0v) is 21.2. The number of methoxy groups -OCH3 is 1. The van der Waals surface area contributed by atoms with Crippen LogP contribution in [-0.4, -0.2) is 34.3 Å². The molecule has 0 radical (unpaired) electrons. The van der Waals surface area contributed by atoms with Crippen LogP contribution in [0.4, 0.5) is 15.8 Å². The van der Waals surface area contributed by atoms with Gasteiger partial charge in [0.25, 0.3) is 0 Å². The van der Waals surface area contributed by atoms with E-state index in [1.807, 2.05) is 66.2 Å². The first kappa shape index (κ1) is 24.6. The van der Waals surface area contributed by atoms with E-state index in [0.29, 0.717) is 10.8 Å². The lowest BCUT2D eigenvalue weighted by molar-refractivity contribution is -0.119. The van der Waals surface area contributed by atoms with E-state index in [-0.39, 0.29) is 30.4 Å². The van der Waals surface area contributed by atoms with Gasteiger partial charge in [0.2, 0.25) is 5.91 Å². The number of amides is 1. The molecule has 2 atom stereocenters. The summed E-state index contributed by atoms with van der Waals surface area (Å²) in [5, 5.41) is 6.89. The minimum atomic E-state index is -0.290. The largest absolute Gasteiger partial charge is 0.375 e. The van der Waals surface area contributed by atoms with Gasteiger partial charge in [0.15, 0.2) is 5.11 Å². The van der Waals surface area contributed by atoms with Crippen LogP contribution in [0.25, 0.3) is 5.69 Å². The van der Waals surface area contributed by atoms with Crippen LogP contribution in [0.3, 0.4) is 0 Å². The van der Waals surface area contributed by atoms with Gasteiger partial charge in [0.1, 0.15) is 18.5 Å². The predicted octanol–water partition coefficient (Wildman–Crippen LogP) is 5.08. The Morgan fingerprint density at radius 2 is 1.89 bits per heavy atom. The number of nitrogens with zero attached hydrogens (tertiary/aromatic N) is 3. The number of halogens is 1. The molecule has 0 aliphatic carbocycles. The van der Waals surface area contributed by atoms with E-state index in [4.69, 9.17) is 17.0 Å². The zero-order chi connectivity index (χ0) is 25.9. The number of hydrogen-bond acceptors (Lipinski definition) is 4. The number of nitrogens with one attached hydrogen (secondary N) is 2. The maximum atomic E-state index is 13.7. The van der Waals surface area contributed by atoms with Gasteiger partial charge in [-0.25, -0.2) is 4.39 Å². The lowest BCUT2D eigenvalue weighted by Crippen LogP contribution is -2.30. The monoisotopic (exact) mass is 515 g/mol. The molecule has 9 heteroatoms. The number of rotatable bonds is 7. The normalized spacial score (nSPS) is 17.1. The average Bonchev–Trinajstić information content (AvgIpc) is 3.51. The molecule has 4 aromatic rings. The van der Waals surface area contributed by atoms with Crippen LogP contribution >= 0.6 is 12.2 Å². The number of aromatic nitrogens is 2. The van der Waals surface area contributed by atoms with Crippen molar-refractivity contribution in [3.05, 3.63) is 108 Å². The summed E-state index contributed by atoms with van der Waals surface area (Å²) in [5.41, 5.74) is 5.12. The SMILES string of the molecule is COCC(=O)Nc1ccc(N2C(=S)N[C@@H](c3ccccn3)[C@H]2c2cccn2-c2ccc(F)cc2)cc1C. The third-order valence-corrected chi connectivity index (χ3v) is 6.64. The van der Waals surface area contributed by atoms with E-state index in [1.165, 1.54) is 19.2 Å². The topological polar surface area (TPSA) is 71.4 Å². The van der Waals surface area contributed by atoms with Crippen molar-refractivity contribution in [1.82, 2.24) is 14.9 Å². The number of aryl methyl sites for hydroxylation is 1. The molecule has 7 nitrogen and oxygen atoms in total. The third kappa shape index (κ3) is 4.96. The number of benzene rings is 2. The number of carbonyl (C=O) groups is 1. The molecule has 0 unspecified atom stereocenters. The molecule has 2 N–H and O–H groups in total. The van der Waals surface area contributed by atoms with Crippen molar-refractivity contribution in [2.75, 3.05) is 23.9 Å². The Kier molecular flexibility index (Phi) is 6.98. The summed E-state index contributed by atoms with van der Waals surface area (Å²) in [6.45, 7) is 1.92. The van der Waals surface area contributed by atoms with Crippen LogP contribution in [0.15, 0.2) is 85.2 Å². The summed E-state index contributed by atoms with van der Waals surface area (Å²) < 4.78 is 20.6. The minimum Gasteiger partial charge on any atom is -0.375 e. The van der Waals surface area contributed by atoms with Gasteiger partial charge in [-0.2, -0.15) is 0 Å². The second kappa shape index (κ2) is 10.5. The lowest BCUT2D eigenvalue weighted by Gasteiger charge is -2.29. The van der Waals surface area contributed by atoms with Crippen molar-refractivity contribution in [3.63, 3.8) is 0 Å². The van der Waals surface area contributed by atoms with Crippen molar-refractivity contribution < 1.29 is 13.9 Å². The van der Waals surface area contributed by atoms with Crippen molar-refractivity contribution >= 4 is 34.6 Å². The molecule has 2 aromatic heterocycles. The molecule has 37 heavy (non-hydrogen) atoms. The van der Waals surface area contributed by atoms with Crippen molar-refractivity contribution in [2.24, 2.45) is 0 Å². The fraction of sp³-hybridized carbons (Fsp3) is 0.179. The van der Waals surface area contributed by atoms with Gasteiger partial charge in [0, 0.05) is 42.3 Å². The highest BCUT2D eigenvalue weighted by Gasteiger charge is 2.42. The lowest BCUT2D eigenvalue weighted by atomic mass is 10.00. The predicted molar refractivity (Wildman–Crippen MR) is 145 cm³/mol. The molecule has 1 aliphatic heterocycles. The maximum absolute atomic E-state index is 13.7. The van der Waals surface area contributed by atoms with Gasteiger partial charge in [0.05, 0.1) is 11.7 Å². The Morgan fingerprint density at radius 3 is 2.59 bits per heavy atom. The zero-order valence-electron chi connectivity index (χ0n) is 20.4. The molecular formula is C28H26FN5O2S. The summed E-state index contributed by atoms with van der Waals surface area (Å²) in [7, 11) is 1.48. The Bertz CT molecular complexity index is 1420. The highest BCUT2D eigenvalue weighted by atomic mass is 32.1.